The SMILES string of the molecule is CC/C=C\C/C=C\C/C=C\C/C=C\CCCCCCCCCCCCC(=O)NC(COC1OC(CO)C(OC2OC(CO)C(O)C(O)C2O)C(O)C1O)C(O)CCCCCCCCCCCCCCCCCCCC. The zero-order valence-corrected chi connectivity index (χ0v) is 47.0. The van der Waals surface area contributed by atoms with Crippen molar-refractivity contribution in [2.45, 2.75) is 312 Å². The fourth-order valence-corrected chi connectivity index (χ4v) is 9.94. The predicted molar refractivity (Wildman–Crippen MR) is 300 cm³/mol. The molecule has 2 saturated heterocycles. The van der Waals surface area contributed by atoms with Crippen molar-refractivity contribution in [3.05, 3.63) is 48.6 Å². The van der Waals surface area contributed by atoms with Gasteiger partial charge < -0.3 is 65.1 Å². The summed E-state index contributed by atoms with van der Waals surface area (Å²) in [6.07, 6.45) is 41.0. The molecule has 2 aliphatic rings. The number of amides is 1. The lowest BCUT2D eigenvalue weighted by molar-refractivity contribution is -0.359. The van der Waals surface area contributed by atoms with Crippen LogP contribution in [0.15, 0.2) is 48.6 Å². The van der Waals surface area contributed by atoms with E-state index in [0.29, 0.717) is 12.8 Å². The summed E-state index contributed by atoms with van der Waals surface area (Å²) in [4.78, 5) is 13.3. The molecule has 0 aromatic carbocycles. The molecule has 438 valence electrons. The molecule has 2 aliphatic heterocycles. The minimum Gasteiger partial charge on any atom is -0.394 e. The third-order valence-corrected chi connectivity index (χ3v) is 14.8. The molecule has 2 rings (SSSR count). The predicted octanol–water partition coefficient (Wildman–Crippen LogP) is 10.4. The van der Waals surface area contributed by atoms with Crippen molar-refractivity contribution in [3.8, 4) is 0 Å². The minimum absolute atomic E-state index is 0.211. The minimum atomic E-state index is -1.78. The van der Waals surface area contributed by atoms with Gasteiger partial charge in [-0.05, 0) is 51.4 Å². The monoisotopic (exact) mass is 1070 g/mol. The number of hydrogen-bond acceptors (Lipinski definition) is 13. The third-order valence-electron chi connectivity index (χ3n) is 14.8. The van der Waals surface area contributed by atoms with Gasteiger partial charge in [0.1, 0.15) is 48.8 Å². The molecular weight excluding hydrogens is 955 g/mol. The van der Waals surface area contributed by atoms with E-state index in [0.717, 1.165) is 83.5 Å². The van der Waals surface area contributed by atoms with E-state index in [1.165, 1.54) is 128 Å². The summed E-state index contributed by atoms with van der Waals surface area (Å²) in [6, 6.07) is -0.833. The first-order chi connectivity index (χ1) is 36.6. The van der Waals surface area contributed by atoms with Gasteiger partial charge in [-0.25, -0.2) is 0 Å². The highest BCUT2D eigenvalue weighted by Crippen LogP contribution is 2.30. The van der Waals surface area contributed by atoms with Gasteiger partial charge in [0.15, 0.2) is 12.6 Å². The van der Waals surface area contributed by atoms with Crippen LogP contribution >= 0.6 is 0 Å². The molecule has 14 nitrogen and oxygen atoms in total. The van der Waals surface area contributed by atoms with Crippen molar-refractivity contribution >= 4 is 5.91 Å². The molecule has 9 N–H and O–H groups in total. The van der Waals surface area contributed by atoms with E-state index in [4.69, 9.17) is 18.9 Å². The summed E-state index contributed by atoms with van der Waals surface area (Å²) < 4.78 is 22.8. The molecule has 2 heterocycles. The van der Waals surface area contributed by atoms with Gasteiger partial charge in [0.05, 0.1) is 32.0 Å². The Morgan fingerprint density at radius 2 is 0.920 bits per heavy atom. The molecular formula is C61H111NO13. The fourth-order valence-electron chi connectivity index (χ4n) is 9.94. The van der Waals surface area contributed by atoms with Crippen LogP contribution in [0.4, 0.5) is 0 Å². The lowest BCUT2D eigenvalue weighted by Crippen LogP contribution is -2.65. The average molecular weight is 1070 g/mol. The Balaban J connectivity index is 1.74. The highest BCUT2D eigenvalue weighted by Gasteiger charge is 2.51. The van der Waals surface area contributed by atoms with Crippen molar-refractivity contribution in [1.29, 1.82) is 0 Å². The van der Waals surface area contributed by atoms with Gasteiger partial charge in [0, 0.05) is 6.42 Å². The Morgan fingerprint density at radius 1 is 0.493 bits per heavy atom. The topological polar surface area (TPSA) is 228 Å². The van der Waals surface area contributed by atoms with E-state index >= 15 is 0 Å². The van der Waals surface area contributed by atoms with Crippen LogP contribution in [0.5, 0.6) is 0 Å². The molecule has 1 amide bonds. The Hall–Kier alpha value is -2.05. The van der Waals surface area contributed by atoms with Crippen LogP contribution in [-0.4, -0.2) is 140 Å². The van der Waals surface area contributed by atoms with Crippen molar-refractivity contribution in [1.82, 2.24) is 5.32 Å². The van der Waals surface area contributed by atoms with Gasteiger partial charge in [0.2, 0.25) is 5.91 Å². The highest BCUT2D eigenvalue weighted by molar-refractivity contribution is 5.76. The Morgan fingerprint density at radius 3 is 1.41 bits per heavy atom. The van der Waals surface area contributed by atoms with E-state index < -0.39 is 86.8 Å². The van der Waals surface area contributed by atoms with Crippen LogP contribution in [0.3, 0.4) is 0 Å². The molecule has 75 heavy (non-hydrogen) atoms. The zero-order chi connectivity index (χ0) is 54.6. The fraction of sp³-hybridized carbons (Fsp3) is 0.852. The Bertz CT molecular complexity index is 1440. The maximum absolute atomic E-state index is 13.3. The smallest absolute Gasteiger partial charge is 0.220 e. The number of carbonyl (C=O) groups excluding carboxylic acids is 1. The van der Waals surface area contributed by atoms with Crippen LogP contribution < -0.4 is 5.32 Å². The van der Waals surface area contributed by atoms with Gasteiger partial charge in [0.25, 0.3) is 0 Å². The Labute approximate surface area is 454 Å². The molecule has 14 heteroatoms. The summed E-state index contributed by atoms with van der Waals surface area (Å²) in [5.41, 5.74) is 0. The largest absolute Gasteiger partial charge is 0.394 e. The van der Waals surface area contributed by atoms with Crippen LogP contribution in [0, 0.1) is 0 Å². The zero-order valence-electron chi connectivity index (χ0n) is 47.0. The summed E-state index contributed by atoms with van der Waals surface area (Å²) in [7, 11) is 0. The standard InChI is InChI=1S/C61H111NO13/c1-3-5-7-9-11-13-15-17-19-21-23-24-25-26-27-29-31-33-35-37-39-41-43-45-53(66)62-49(50(65)44-42-40-38-36-34-32-30-28-22-20-18-16-14-12-10-8-6-4-2)48-72-60-58(71)56(69)59(52(47-64)74-60)75-61-57(70)55(68)54(67)51(46-63)73-61/h5,7,11,13,17,19,23-24,49-52,54-61,63-65,67-71H,3-4,6,8-10,12,14-16,18,20-22,25-48H2,1-2H3,(H,62,66)/b7-5-,13-11-,19-17-,24-23-. The normalized spacial score (nSPS) is 25.4. The first-order valence-corrected chi connectivity index (χ1v) is 30.4. The molecule has 0 bridgehead atoms. The van der Waals surface area contributed by atoms with Crippen molar-refractivity contribution < 1.29 is 64.6 Å². The molecule has 0 aromatic rings. The average Bonchev–Trinajstić information content (AvgIpc) is 3.41. The van der Waals surface area contributed by atoms with Crippen LogP contribution in [0.25, 0.3) is 0 Å². The second kappa shape index (κ2) is 46.8. The van der Waals surface area contributed by atoms with Gasteiger partial charge >= 0.3 is 0 Å². The summed E-state index contributed by atoms with van der Waals surface area (Å²) in [5, 5.41) is 87.3. The Kier molecular flexibility index (Phi) is 43.1. The highest BCUT2D eigenvalue weighted by atomic mass is 16.7. The maximum Gasteiger partial charge on any atom is 0.220 e. The third kappa shape index (κ3) is 32.6. The summed E-state index contributed by atoms with van der Waals surface area (Å²) in [6.45, 7) is 2.76. The lowest BCUT2D eigenvalue weighted by atomic mass is 9.97. The van der Waals surface area contributed by atoms with E-state index in [1.807, 2.05) is 0 Å². The molecule has 2 fully saturated rings. The van der Waals surface area contributed by atoms with E-state index in [9.17, 15) is 45.6 Å². The number of aliphatic hydroxyl groups is 8. The van der Waals surface area contributed by atoms with Crippen LogP contribution in [-0.2, 0) is 23.7 Å². The number of unbranched alkanes of at least 4 members (excludes halogenated alkanes) is 27. The van der Waals surface area contributed by atoms with Gasteiger partial charge in [-0.2, -0.15) is 0 Å². The summed E-state index contributed by atoms with van der Waals surface area (Å²) in [5.74, 6) is -0.211. The van der Waals surface area contributed by atoms with Crippen molar-refractivity contribution in [2.24, 2.45) is 0 Å². The molecule has 0 aliphatic carbocycles. The van der Waals surface area contributed by atoms with Crippen molar-refractivity contribution in [2.75, 3.05) is 19.8 Å². The van der Waals surface area contributed by atoms with Crippen LogP contribution in [0.2, 0.25) is 0 Å². The molecule has 0 spiro atoms. The second-order valence-electron chi connectivity index (χ2n) is 21.5. The summed E-state index contributed by atoms with van der Waals surface area (Å²) >= 11 is 0. The van der Waals surface area contributed by atoms with E-state index in [2.05, 4.69) is 67.8 Å². The molecule has 12 unspecified atom stereocenters. The first-order valence-electron chi connectivity index (χ1n) is 30.4. The molecule has 0 aromatic heterocycles. The molecule has 0 radical (unpaired) electrons. The maximum atomic E-state index is 13.3. The van der Waals surface area contributed by atoms with Crippen LogP contribution in [0.1, 0.15) is 239 Å². The quantitative estimate of drug-likeness (QED) is 0.0204. The number of ether oxygens (including phenoxy) is 4. The van der Waals surface area contributed by atoms with Crippen molar-refractivity contribution in [3.63, 3.8) is 0 Å². The number of carbonyl (C=O) groups is 1. The number of aliphatic hydroxyl groups excluding tert-OH is 8. The number of hydrogen-bond donors (Lipinski definition) is 9. The molecule has 12 atom stereocenters. The first kappa shape index (κ1) is 69.1. The number of allylic oxidation sites excluding steroid dienone is 8. The van der Waals surface area contributed by atoms with Gasteiger partial charge in [-0.15, -0.1) is 0 Å². The second-order valence-corrected chi connectivity index (χ2v) is 21.5. The van der Waals surface area contributed by atoms with E-state index in [-0.39, 0.29) is 12.5 Å². The number of rotatable bonds is 48. The van der Waals surface area contributed by atoms with Gasteiger partial charge in [-0.3, -0.25) is 4.79 Å². The number of nitrogens with one attached hydrogen (secondary N) is 1. The lowest BCUT2D eigenvalue weighted by Gasteiger charge is -2.46. The van der Waals surface area contributed by atoms with E-state index in [1.54, 1.807) is 0 Å². The van der Waals surface area contributed by atoms with Gasteiger partial charge in [-0.1, -0.05) is 229 Å². The molecule has 0 saturated carbocycles.